The van der Waals surface area contributed by atoms with Crippen molar-refractivity contribution in [2.45, 2.75) is 51.5 Å². The fourth-order valence-electron chi connectivity index (χ4n) is 2.26. The van der Waals surface area contributed by atoms with Crippen molar-refractivity contribution in [1.82, 2.24) is 16.0 Å². The molecule has 0 aromatic carbocycles. The minimum Gasteiger partial charge on any atom is -0.466 e. The van der Waals surface area contributed by atoms with Crippen molar-refractivity contribution in [3.8, 4) is 0 Å². The van der Waals surface area contributed by atoms with Crippen molar-refractivity contribution >= 4 is 17.9 Å². The van der Waals surface area contributed by atoms with Crippen molar-refractivity contribution in [3.63, 3.8) is 0 Å². The van der Waals surface area contributed by atoms with Crippen LogP contribution in [-0.4, -0.2) is 43.6 Å². The zero-order valence-corrected chi connectivity index (χ0v) is 12.6. The topological polar surface area (TPSA) is 96.5 Å². The molecule has 1 aliphatic carbocycles. The summed E-state index contributed by atoms with van der Waals surface area (Å²) in [5.41, 5.74) is 0. The van der Waals surface area contributed by atoms with Crippen LogP contribution in [0, 0.1) is 0 Å². The summed E-state index contributed by atoms with van der Waals surface area (Å²) < 4.78 is 4.79. The van der Waals surface area contributed by atoms with E-state index in [-0.39, 0.29) is 24.5 Å². The van der Waals surface area contributed by atoms with Crippen LogP contribution >= 0.6 is 0 Å². The van der Waals surface area contributed by atoms with Gasteiger partial charge in [0.1, 0.15) is 0 Å². The lowest BCUT2D eigenvalue weighted by molar-refractivity contribution is -0.143. The van der Waals surface area contributed by atoms with E-state index in [0.717, 1.165) is 25.7 Å². The van der Waals surface area contributed by atoms with Gasteiger partial charge in [0.25, 0.3) is 0 Å². The Balaban J connectivity index is 2.00. The maximum absolute atomic E-state index is 11.5. The fourth-order valence-corrected chi connectivity index (χ4v) is 2.26. The van der Waals surface area contributed by atoms with E-state index in [4.69, 9.17) is 4.74 Å². The molecule has 1 saturated carbocycles. The van der Waals surface area contributed by atoms with Crippen LogP contribution in [0.1, 0.15) is 45.4 Å². The van der Waals surface area contributed by atoms with Crippen LogP contribution in [0.3, 0.4) is 0 Å². The van der Waals surface area contributed by atoms with E-state index in [1.165, 1.54) is 0 Å². The molecule has 1 aliphatic rings. The van der Waals surface area contributed by atoms with E-state index in [0.29, 0.717) is 26.0 Å². The number of carbonyl (C=O) groups is 3. The first-order valence-electron chi connectivity index (χ1n) is 7.58. The minimum absolute atomic E-state index is 0.0565. The summed E-state index contributed by atoms with van der Waals surface area (Å²) in [5.74, 6) is -0.610. The average Bonchev–Trinajstić information content (AvgIpc) is 2.91. The second-order valence-corrected chi connectivity index (χ2v) is 5.09. The second-order valence-electron chi connectivity index (χ2n) is 5.09. The Morgan fingerprint density at radius 1 is 1.19 bits per heavy atom. The van der Waals surface area contributed by atoms with Crippen LogP contribution < -0.4 is 16.0 Å². The molecule has 3 amide bonds. The molecular formula is C14H25N3O4. The van der Waals surface area contributed by atoms with Gasteiger partial charge in [-0.1, -0.05) is 12.8 Å². The molecule has 120 valence electrons. The van der Waals surface area contributed by atoms with Crippen molar-refractivity contribution in [2.24, 2.45) is 0 Å². The number of hydrogen-bond donors (Lipinski definition) is 3. The van der Waals surface area contributed by atoms with E-state index < -0.39 is 6.03 Å². The van der Waals surface area contributed by atoms with Gasteiger partial charge in [-0.05, 0) is 32.7 Å². The van der Waals surface area contributed by atoms with Crippen molar-refractivity contribution in [1.29, 1.82) is 0 Å². The predicted octanol–water partition coefficient (Wildman–Crippen LogP) is 0.688. The summed E-state index contributed by atoms with van der Waals surface area (Å²) in [5, 5.41) is 7.95. The first-order chi connectivity index (χ1) is 10.1. The summed E-state index contributed by atoms with van der Waals surface area (Å²) in [6, 6.07) is -0.240. The molecule has 0 aromatic heterocycles. The summed E-state index contributed by atoms with van der Waals surface area (Å²) >= 11 is 0. The van der Waals surface area contributed by atoms with Crippen LogP contribution in [0.2, 0.25) is 0 Å². The quantitative estimate of drug-likeness (QED) is 0.452. The van der Waals surface area contributed by atoms with E-state index in [9.17, 15) is 14.4 Å². The number of esters is 1. The zero-order chi connectivity index (χ0) is 15.5. The highest BCUT2D eigenvalue weighted by atomic mass is 16.5. The van der Waals surface area contributed by atoms with Gasteiger partial charge >= 0.3 is 12.0 Å². The van der Waals surface area contributed by atoms with E-state index in [1.54, 1.807) is 6.92 Å². The Labute approximate surface area is 125 Å². The third-order valence-electron chi connectivity index (χ3n) is 3.27. The summed E-state index contributed by atoms with van der Waals surface area (Å²) in [4.78, 5) is 34.1. The average molecular weight is 299 g/mol. The summed E-state index contributed by atoms with van der Waals surface area (Å²) in [6.07, 6.45) is 5.13. The van der Waals surface area contributed by atoms with Gasteiger partial charge in [0.15, 0.2) is 0 Å². The molecule has 1 rings (SSSR count). The lowest BCUT2D eigenvalue weighted by atomic mass is 10.2. The summed E-state index contributed by atoms with van der Waals surface area (Å²) in [6.45, 7) is 2.72. The third-order valence-corrected chi connectivity index (χ3v) is 3.27. The standard InChI is InChI=1S/C14H25N3O4/c1-2-21-13(19)8-5-9-15-10-12(18)17-14(20)16-11-6-3-4-7-11/h11,15H,2-10H2,1H3,(H2,16,17,18,20). The predicted molar refractivity (Wildman–Crippen MR) is 77.7 cm³/mol. The maximum atomic E-state index is 11.5. The molecule has 3 N–H and O–H groups in total. The van der Waals surface area contributed by atoms with Gasteiger partial charge in [0, 0.05) is 12.5 Å². The van der Waals surface area contributed by atoms with E-state index >= 15 is 0 Å². The molecule has 0 atom stereocenters. The molecule has 0 heterocycles. The number of ether oxygens (including phenoxy) is 1. The highest BCUT2D eigenvalue weighted by Gasteiger charge is 2.17. The van der Waals surface area contributed by atoms with Gasteiger partial charge < -0.3 is 15.4 Å². The van der Waals surface area contributed by atoms with Gasteiger partial charge in [-0.25, -0.2) is 4.79 Å². The summed E-state index contributed by atoms with van der Waals surface area (Å²) in [7, 11) is 0. The molecule has 0 radical (unpaired) electrons. The fraction of sp³-hybridized carbons (Fsp3) is 0.786. The van der Waals surface area contributed by atoms with Crippen LogP contribution in [-0.2, 0) is 14.3 Å². The number of nitrogens with one attached hydrogen (secondary N) is 3. The Kier molecular flexibility index (Phi) is 8.42. The molecule has 0 spiro atoms. The molecule has 0 aliphatic heterocycles. The van der Waals surface area contributed by atoms with Crippen molar-refractivity contribution in [2.75, 3.05) is 19.7 Å². The van der Waals surface area contributed by atoms with E-state index in [1.807, 2.05) is 0 Å². The Hall–Kier alpha value is -1.63. The number of rotatable bonds is 8. The molecule has 0 bridgehead atoms. The first kappa shape index (κ1) is 17.4. The van der Waals surface area contributed by atoms with E-state index in [2.05, 4.69) is 16.0 Å². The zero-order valence-electron chi connectivity index (χ0n) is 12.6. The van der Waals surface area contributed by atoms with Crippen LogP contribution in [0.25, 0.3) is 0 Å². The number of urea groups is 1. The normalized spacial score (nSPS) is 14.7. The smallest absolute Gasteiger partial charge is 0.321 e. The SMILES string of the molecule is CCOC(=O)CCCNCC(=O)NC(=O)NC1CCCC1. The van der Waals surface area contributed by atoms with Crippen LogP contribution in [0.5, 0.6) is 0 Å². The van der Waals surface area contributed by atoms with Gasteiger partial charge in [-0.15, -0.1) is 0 Å². The van der Waals surface area contributed by atoms with Gasteiger partial charge in [0.05, 0.1) is 13.2 Å². The largest absolute Gasteiger partial charge is 0.466 e. The number of amides is 3. The minimum atomic E-state index is -0.430. The molecular weight excluding hydrogens is 274 g/mol. The Bertz CT molecular complexity index is 354. The molecule has 0 unspecified atom stereocenters. The molecule has 7 nitrogen and oxygen atoms in total. The first-order valence-corrected chi connectivity index (χ1v) is 7.58. The highest BCUT2D eigenvalue weighted by Crippen LogP contribution is 2.17. The second kappa shape index (κ2) is 10.1. The van der Waals surface area contributed by atoms with Gasteiger partial charge in [0.2, 0.25) is 5.91 Å². The molecule has 1 fully saturated rings. The van der Waals surface area contributed by atoms with Crippen molar-refractivity contribution in [3.05, 3.63) is 0 Å². The molecule has 0 saturated heterocycles. The van der Waals surface area contributed by atoms with Crippen LogP contribution in [0.4, 0.5) is 4.79 Å². The Morgan fingerprint density at radius 2 is 1.90 bits per heavy atom. The molecule has 7 heteroatoms. The van der Waals surface area contributed by atoms with Crippen molar-refractivity contribution < 1.29 is 19.1 Å². The lowest BCUT2D eigenvalue weighted by Gasteiger charge is -2.12. The number of hydrogen-bond acceptors (Lipinski definition) is 5. The Morgan fingerprint density at radius 3 is 2.57 bits per heavy atom. The third kappa shape index (κ3) is 8.29. The molecule has 21 heavy (non-hydrogen) atoms. The van der Waals surface area contributed by atoms with Gasteiger partial charge in [-0.3, -0.25) is 14.9 Å². The number of imide groups is 1. The number of carbonyl (C=O) groups excluding carboxylic acids is 3. The monoisotopic (exact) mass is 299 g/mol. The van der Waals surface area contributed by atoms with Gasteiger partial charge in [-0.2, -0.15) is 0 Å². The maximum Gasteiger partial charge on any atom is 0.321 e. The molecule has 0 aromatic rings. The highest BCUT2D eigenvalue weighted by molar-refractivity contribution is 5.95. The lowest BCUT2D eigenvalue weighted by Crippen LogP contribution is -2.46. The van der Waals surface area contributed by atoms with Crippen LogP contribution in [0.15, 0.2) is 0 Å².